The lowest BCUT2D eigenvalue weighted by atomic mass is 10.2. The van der Waals surface area contributed by atoms with Crippen molar-refractivity contribution in [2.24, 2.45) is 0 Å². The predicted molar refractivity (Wildman–Crippen MR) is 119 cm³/mol. The van der Waals surface area contributed by atoms with Gasteiger partial charge >= 0.3 is 0 Å². The molecule has 0 aliphatic carbocycles. The number of hydrogen-bond donors (Lipinski definition) is 2. The Morgan fingerprint density at radius 3 is 2.42 bits per heavy atom. The number of para-hydroxylation sites is 2. The second kappa shape index (κ2) is 9.69. The Morgan fingerprint density at radius 1 is 0.970 bits per heavy atom. The molecule has 1 heterocycles. The first-order chi connectivity index (χ1) is 16.0. The van der Waals surface area contributed by atoms with Crippen LogP contribution in [0.25, 0.3) is 11.4 Å². The Labute approximate surface area is 188 Å². The Bertz CT molecular complexity index is 1270. The molecule has 0 atom stereocenters. The summed E-state index contributed by atoms with van der Waals surface area (Å²) >= 11 is 0. The van der Waals surface area contributed by atoms with Gasteiger partial charge in [-0.3, -0.25) is 9.59 Å². The second-order valence-electron chi connectivity index (χ2n) is 6.93. The summed E-state index contributed by atoms with van der Waals surface area (Å²) < 4.78 is 18.3. The van der Waals surface area contributed by atoms with Gasteiger partial charge in [0.05, 0.1) is 12.8 Å². The first kappa shape index (κ1) is 21.6. The highest BCUT2D eigenvalue weighted by Crippen LogP contribution is 2.24. The number of rotatable bonds is 7. The fourth-order valence-corrected chi connectivity index (χ4v) is 3.00. The minimum absolute atomic E-state index is 0.162. The molecule has 0 saturated heterocycles. The van der Waals surface area contributed by atoms with Crippen LogP contribution in [0.4, 0.5) is 15.8 Å². The number of carbonyl (C=O) groups excluding carboxylic acids is 2. The summed E-state index contributed by atoms with van der Waals surface area (Å²) in [6, 6.07) is 19.2. The third-order valence-electron chi connectivity index (χ3n) is 4.63. The smallest absolute Gasteiger partial charge is 0.255 e. The molecule has 0 aliphatic heterocycles. The van der Waals surface area contributed by atoms with Gasteiger partial charge in [-0.25, -0.2) is 4.39 Å². The van der Waals surface area contributed by atoms with Crippen molar-refractivity contribution < 1.29 is 18.7 Å². The van der Waals surface area contributed by atoms with Crippen LogP contribution in [0.5, 0.6) is 5.75 Å². The molecule has 4 aromatic rings. The van der Waals surface area contributed by atoms with Gasteiger partial charge in [0.15, 0.2) is 0 Å². The van der Waals surface area contributed by atoms with Crippen molar-refractivity contribution in [1.29, 1.82) is 0 Å². The van der Waals surface area contributed by atoms with Gasteiger partial charge in [-0.15, -0.1) is 10.2 Å². The van der Waals surface area contributed by atoms with Crippen LogP contribution in [0.1, 0.15) is 10.4 Å². The van der Waals surface area contributed by atoms with Gasteiger partial charge < -0.3 is 15.4 Å². The van der Waals surface area contributed by atoms with Gasteiger partial charge in [-0.1, -0.05) is 12.1 Å². The molecule has 33 heavy (non-hydrogen) atoms. The van der Waals surface area contributed by atoms with Crippen molar-refractivity contribution >= 4 is 23.2 Å². The van der Waals surface area contributed by atoms with Gasteiger partial charge in [0.25, 0.3) is 5.91 Å². The van der Waals surface area contributed by atoms with E-state index in [-0.39, 0.29) is 30.0 Å². The van der Waals surface area contributed by atoms with Crippen molar-refractivity contribution in [3.63, 3.8) is 0 Å². The molecule has 9 nitrogen and oxygen atoms in total. The van der Waals surface area contributed by atoms with E-state index >= 15 is 0 Å². The van der Waals surface area contributed by atoms with Crippen LogP contribution >= 0.6 is 0 Å². The number of nitrogens with zero attached hydrogens (tertiary/aromatic N) is 4. The van der Waals surface area contributed by atoms with Crippen LogP contribution in [0.15, 0.2) is 72.8 Å². The van der Waals surface area contributed by atoms with E-state index in [1.165, 1.54) is 31.4 Å². The van der Waals surface area contributed by atoms with Crippen molar-refractivity contribution in [3.8, 4) is 17.1 Å². The minimum atomic E-state index is -0.371. The first-order valence-electron chi connectivity index (χ1n) is 9.90. The van der Waals surface area contributed by atoms with E-state index in [1.54, 1.807) is 42.5 Å². The zero-order valence-electron chi connectivity index (χ0n) is 17.5. The van der Waals surface area contributed by atoms with Gasteiger partial charge in [0, 0.05) is 16.8 Å². The number of nitrogens with one attached hydrogen (secondary N) is 2. The molecule has 1 aromatic heterocycles. The fourth-order valence-electron chi connectivity index (χ4n) is 3.00. The number of methoxy groups -OCH3 is 1. The highest BCUT2D eigenvalue weighted by molar-refractivity contribution is 6.05. The molecule has 0 fully saturated rings. The van der Waals surface area contributed by atoms with E-state index in [4.69, 9.17) is 4.74 Å². The lowest BCUT2D eigenvalue weighted by Crippen LogP contribution is -2.20. The van der Waals surface area contributed by atoms with Crippen LogP contribution in [-0.4, -0.2) is 39.1 Å². The number of aromatic nitrogens is 4. The van der Waals surface area contributed by atoms with Crippen LogP contribution < -0.4 is 15.4 Å². The van der Waals surface area contributed by atoms with Crippen LogP contribution in [0.3, 0.4) is 0 Å². The number of hydrogen-bond acceptors (Lipinski definition) is 6. The third kappa shape index (κ3) is 5.37. The molecular formula is C23H19FN6O3. The molecule has 0 saturated carbocycles. The van der Waals surface area contributed by atoms with Crippen molar-refractivity contribution in [3.05, 3.63) is 84.2 Å². The van der Waals surface area contributed by atoms with E-state index in [0.29, 0.717) is 28.3 Å². The molecular weight excluding hydrogens is 427 g/mol. The van der Waals surface area contributed by atoms with Gasteiger partial charge in [0.2, 0.25) is 11.7 Å². The summed E-state index contributed by atoms with van der Waals surface area (Å²) in [4.78, 5) is 26.0. The quantitative estimate of drug-likeness (QED) is 0.450. The molecule has 3 aromatic carbocycles. The van der Waals surface area contributed by atoms with Crippen molar-refractivity contribution in [1.82, 2.24) is 20.2 Å². The van der Waals surface area contributed by atoms with E-state index in [0.717, 1.165) is 4.80 Å². The summed E-state index contributed by atoms with van der Waals surface area (Å²) in [5, 5.41) is 17.4. The number of benzene rings is 3. The largest absolute Gasteiger partial charge is 0.495 e. The number of halogens is 1. The lowest BCUT2D eigenvalue weighted by Gasteiger charge is -2.10. The van der Waals surface area contributed by atoms with Gasteiger partial charge in [-0.2, -0.15) is 4.80 Å². The third-order valence-corrected chi connectivity index (χ3v) is 4.63. The molecule has 0 bridgehead atoms. The normalized spacial score (nSPS) is 10.5. The van der Waals surface area contributed by atoms with Crippen molar-refractivity contribution in [2.75, 3.05) is 17.7 Å². The first-order valence-corrected chi connectivity index (χ1v) is 9.90. The number of ether oxygens (including phenoxy) is 1. The van der Waals surface area contributed by atoms with Crippen molar-refractivity contribution in [2.45, 2.75) is 6.54 Å². The van der Waals surface area contributed by atoms with E-state index in [2.05, 4.69) is 26.0 Å². The SMILES string of the molecule is COc1ccccc1NC(=O)c1ccc(NC(=O)Cn2nnc(-c3ccc(F)cc3)n2)cc1. The average molecular weight is 446 g/mol. The van der Waals surface area contributed by atoms with Crippen LogP contribution in [-0.2, 0) is 11.3 Å². The fraction of sp³-hybridized carbons (Fsp3) is 0.0870. The molecule has 2 amide bonds. The van der Waals surface area contributed by atoms with Gasteiger partial charge in [0.1, 0.15) is 18.1 Å². The lowest BCUT2D eigenvalue weighted by molar-refractivity contribution is -0.117. The summed E-state index contributed by atoms with van der Waals surface area (Å²) in [7, 11) is 1.53. The monoisotopic (exact) mass is 446 g/mol. The highest BCUT2D eigenvalue weighted by Gasteiger charge is 2.12. The maximum Gasteiger partial charge on any atom is 0.255 e. The number of carbonyl (C=O) groups is 2. The maximum absolute atomic E-state index is 13.0. The average Bonchev–Trinajstić information content (AvgIpc) is 3.28. The summed E-state index contributed by atoms with van der Waals surface area (Å²) in [5.41, 5.74) is 2.07. The highest BCUT2D eigenvalue weighted by atomic mass is 19.1. The van der Waals surface area contributed by atoms with Crippen LogP contribution in [0.2, 0.25) is 0 Å². The molecule has 0 radical (unpaired) electrons. The Balaban J connectivity index is 1.34. The molecule has 166 valence electrons. The summed E-state index contributed by atoms with van der Waals surface area (Å²) in [5.74, 6) is -0.206. The zero-order chi connectivity index (χ0) is 23.2. The molecule has 0 aliphatic rings. The second-order valence-corrected chi connectivity index (χ2v) is 6.93. The summed E-state index contributed by atoms with van der Waals surface area (Å²) in [6.45, 7) is -0.162. The predicted octanol–water partition coefficient (Wildman–Crippen LogP) is 3.38. The molecule has 2 N–H and O–H groups in total. The zero-order valence-corrected chi connectivity index (χ0v) is 17.5. The van der Waals surface area contributed by atoms with E-state index in [1.807, 2.05) is 6.07 Å². The standard InChI is InChI=1S/C23H19FN6O3/c1-33-20-5-3-2-4-19(20)26-23(32)16-8-12-18(13-9-16)25-21(31)14-30-28-22(27-29-30)15-6-10-17(24)11-7-15/h2-13H,14H2,1H3,(H,25,31)(H,26,32). The maximum atomic E-state index is 13.0. The Morgan fingerprint density at radius 2 is 1.70 bits per heavy atom. The van der Waals surface area contributed by atoms with Gasteiger partial charge in [-0.05, 0) is 65.9 Å². The number of anilines is 2. The summed E-state index contributed by atoms with van der Waals surface area (Å²) in [6.07, 6.45) is 0. The molecule has 4 rings (SSSR count). The number of tetrazole rings is 1. The Kier molecular flexibility index (Phi) is 6.35. The molecule has 10 heteroatoms. The van der Waals surface area contributed by atoms with E-state index < -0.39 is 0 Å². The Hall–Kier alpha value is -4.60. The van der Waals surface area contributed by atoms with E-state index in [9.17, 15) is 14.0 Å². The molecule has 0 spiro atoms. The topological polar surface area (TPSA) is 111 Å². The molecule has 0 unspecified atom stereocenters. The minimum Gasteiger partial charge on any atom is -0.495 e. The number of amides is 2. The van der Waals surface area contributed by atoms with Crippen LogP contribution in [0, 0.1) is 5.82 Å².